The summed E-state index contributed by atoms with van der Waals surface area (Å²) in [5, 5.41) is 13.1. The van der Waals surface area contributed by atoms with Crippen molar-refractivity contribution in [2.45, 2.75) is 24.4 Å². The van der Waals surface area contributed by atoms with Gasteiger partial charge in [0.15, 0.2) is 5.70 Å². The van der Waals surface area contributed by atoms with Crippen LogP contribution in [0.5, 0.6) is 0 Å². The molecule has 0 radical (unpaired) electrons. The van der Waals surface area contributed by atoms with Crippen LogP contribution in [0, 0.1) is 10.1 Å². The smallest absolute Gasteiger partial charge is 0.358 e. The molecule has 11 heteroatoms. The zero-order chi connectivity index (χ0) is 24.2. The molecule has 2 atom stereocenters. The Balaban J connectivity index is 1.41. The number of amides is 2. The monoisotopic (exact) mass is 483 g/mol. The summed E-state index contributed by atoms with van der Waals surface area (Å²) >= 11 is 1.38. The lowest BCUT2D eigenvalue weighted by atomic mass is 10.0. The van der Waals surface area contributed by atoms with Gasteiger partial charge in [0.2, 0.25) is 5.91 Å². The van der Waals surface area contributed by atoms with E-state index in [4.69, 9.17) is 9.47 Å². The minimum absolute atomic E-state index is 0.00622. The Kier molecular flexibility index (Phi) is 6.82. The average molecular weight is 484 g/mol. The van der Waals surface area contributed by atoms with Crippen molar-refractivity contribution < 1.29 is 28.8 Å². The van der Waals surface area contributed by atoms with Gasteiger partial charge >= 0.3 is 5.97 Å². The van der Waals surface area contributed by atoms with Gasteiger partial charge in [0.05, 0.1) is 24.2 Å². The van der Waals surface area contributed by atoms with Gasteiger partial charge in [0, 0.05) is 12.1 Å². The number of non-ortho nitro benzene ring substituents is 1. The van der Waals surface area contributed by atoms with E-state index in [-0.39, 0.29) is 30.3 Å². The van der Waals surface area contributed by atoms with Crippen molar-refractivity contribution >= 4 is 35.2 Å². The van der Waals surface area contributed by atoms with Crippen molar-refractivity contribution in [2.24, 2.45) is 0 Å². The molecule has 0 aromatic heterocycles. The van der Waals surface area contributed by atoms with Crippen molar-refractivity contribution in [1.82, 2.24) is 10.2 Å². The second-order valence-electron chi connectivity index (χ2n) is 7.59. The van der Waals surface area contributed by atoms with Gasteiger partial charge in [0.1, 0.15) is 23.8 Å². The lowest BCUT2D eigenvalue weighted by molar-refractivity contribution is -0.384. The maximum absolute atomic E-state index is 12.9. The molecule has 1 N–H and O–H groups in total. The fraction of sp³-hybridized carbons (Fsp3) is 0.261. The molecule has 2 aromatic carbocycles. The van der Waals surface area contributed by atoms with Gasteiger partial charge in [-0.2, -0.15) is 0 Å². The molecule has 4 rings (SSSR count). The van der Waals surface area contributed by atoms with E-state index in [0.717, 1.165) is 5.56 Å². The molecule has 2 heterocycles. The standard InChI is InChI=1S/C23H21N3O7S/c1-32-17-13-34-22-19(24-18(27)11-14-5-3-2-4-6-14)21(28)25(22)20(17)23(29)33-12-15-7-9-16(10-8-15)26(30)31/h2-10,19,22H,11-13H2,1H3,(H,24,27)/t19?,22-/m0/s1. The minimum atomic E-state index is -0.753. The van der Waals surface area contributed by atoms with Gasteiger partial charge in [-0.25, -0.2) is 4.79 Å². The van der Waals surface area contributed by atoms with Gasteiger partial charge in [-0.1, -0.05) is 30.3 Å². The highest BCUT2D eigenvalue weighted by atomic mass is 32.2. The molecular weight excluding hydrogens is 462 g/mol. The molecule has 0 spiro atoms. The topological polar surface area (TPSA) is 128 Å². The first kappa shape index (κ1) is 23.3. The van der Waals surface area contributed by atoms with E-state index >= 15 is 0 Å². The molecule has 1 saturated heterocycles. The predicted molar refractivity (Wildman–Crippen MR) is 122 cm³/mol. The Bertz CT molecular complexity index is 1150. The Morgan fingerprint density at radius 3 is 2.50 bits per heavy atom. The molecular formula is C23H21N3O7S. The molecule has 10 nitrogen and oxygen atoms in total. The maximum Gasteiger partial charge on any atom is 0.358 e. The maximum atomic E-state index is 12.9. The fourth-order valence-electron chi connectivity index (χ4n) is 3.67. The number of fused-ring (bicyclic) bond motifs is 1. The fourth-order valence-corrected chi connectivity index (χ4v) is 4.99. The number of β-lactam (4-membered cyclic amide) rings is 1. The van der Waals surface area contributed by atoms with Crippen molar-refractivity contribution in [3.05, 3.63) is 87.3 Å². The Morgan fingerprint density at radius 2 is 1.85 bits per heavy atom. The van der Waals surface area contributed by atoms with Crippen LogP contribution in [0.3, 0.4) is 0 Å². The average Bonchev–Trinajstić information content (AvgIpc) is 2.85. The molecule has 1 unspecified atom stereocenters. The minimum Gasteiger partial charge on any atom is -0.498 e. The molecule has 2 aromatic rings. The van der Waals surface area contributed by atoms with Crippen LogP contribution < -0.4 is 5.32 Å². The van der Waals surface area contributed by atoms with E-state index < -0.39 is 28.2 Å². The van der Waals surface area contributed by atoms with E-state index in [2.05, 4.69) is 5.32 Å². The number of nitro benzene ring substituents is 1. The molecule has 1 fully saturated rings. The molecule has 0 aliphatic carbocycles. The van der Waals surface area contributed by atoms with E-state index in [9.17, 15) is 24.5 Å². The number of carbonyl (C=O) groups is 3. The number of hydrogen-bond donors (Lipinski definition) is 1. The van der Waals surface area contributed by atoms with Crippen LogP contribution in [0.2, 0.25) is 0 Å². The number of hydrogen-bond acceptors (Lipinski definition) is 8. The number of benzene rings is 2. The third-order valence-electron chi connectivity index (χ3n) is 5.41. The zero-order valence-electron chi connectivity index (χ0n) is 18.1. The number of carbonyl (C=O) groups excluding carboxylic acids is 3. The number of thioether (sulfide) groups is 1. The summed E-state index contributed by atoms with van der Waals surface area (Å²) in [4.78, 5) is 49.7. The van der Waals surface area contributed by atoms with Crippen LogP contribution in [0.4, 0.5) is 5.69 Å². The lowest BCUT2D eigenvalue weighted by Crippen LogP contribution is -2.70. The van der Waals surface area contributed by atoms with Gasteiger partial charge in [-0.15, -0.1) is 11.8 Å². The van der Waals surface area contributed by atoms with Crippen molar-refractivity contribution in [2.75, 3.05) is 12.9 Å². The molecule has 2 aliphatic rings. The molecule has 2 amide bonds. The third kappa shape index (κ3) is 4.74. The molecule has 0 bridgehead atoms. The lowest BCUT2D eigenvalue weighted by Gasteiger charge is -2.49. The number of nitro groups is 1. The Morgan fingerprint density at radius 1 is 1.15 bits per heavy atom. The normalized spacial score (nSPS) is 19.1. The third-order valence-corrected chi connectivity index (χ3v) is 6.67. The van der Waals surface area contributed by atoms with Crippen molar-refractivity contribution in [3.8, 4) is 0 Å². The van der Waals surface area contributed by atoms with E-state index in [0.29, 0.717) is 17.1 Å². The highest BCUT2D eigenvalue weighted by molar-refractivity contribution is 8.00. The van der Waals surface area contributed by atoms with Crippen LogP contribution in [0.1, 0.15) is 11.1 Å². The second kappa shape index (κ2) is 9.96. The van der Waals surface area contributed by atoms with Crippen LogP contribution in [0.25, 0.3) is 0 Å². The SMILES string of the molecule is COC1=C(C(=O)OCc2ccc([N+](=O)[O-])cc2)N2C(=O)C(NC(=O)Cc3ccccc3)[C@@H]2SC1. The number of rotatable bonds is 8. The summed E-state index contributed by atoms with van der Waals surface area (Å²) in [5.41, 5.74) is 1.32. The number of nitrogens with zero attached hydrogens (tertiary/aromatic N) is 2. The summed E-state index contributed by atoms with van der Waals surface area (Å²) in [6, 6.07) is 14.0. The number of nitrogens with one attached hydrogen (secondary N) is 1. The van der Waals surface area contributed by atoms with Crippen LogP contribution in [-0.4, -0.2) is 51.9 Å². The highest BCUT2D eigenvalue weighted by Gasteiger charge is 2.55. The first-order valence-electron chi connectivity index (χ1n) is 10.3. The Hall–Kier alpha value is -3.86. The number of esters is 1. The van der Waals surface area contributed by atoms with Crippen molar-refractivity contribution in [3.63, 3.8) is 0 Å². The van der Waals surface area contributed by atoms with Gasteiger partial charge in [0.25, 0.3) is 11.6 Å². The van der Waals surface area contributed by atoms with Crippen LogP contribution in [-0.2, 0) is 36.9 Å². The summed E-state index contributed by atoms with van der Waals surface area (Å²) in [6.45, 7) is -0.131. The largest absolute Gasteiger partial charge is 0.498 e. The molecule has 176 valence electrons. The summed E-state index contributed by atoms with van der Waals surface area (Å²) < 4.78 is 10.7. The van der Waals surface area contributed by atoms with E-state index in [1.165, 1.54) is 48.0 Å². The van der Waals surface area contributed by atoms with E-state index in [1.807, 2.05) is 30.3 Å². The zero-order valence-corrected chi connectivity index (χ0v) is 18.9. The first-order valence-corrected chi connectivity index (χ1v) is 11.4. The van der Waals surface area contributed by atoms with Crippen LogP contribution in [0.15, 0.2) is 66.1 Å². The predicted octanol–water partition coefficient (Wildman–Crippen LogP) is 2.14. The number of ether oxygens (including phenoxy) is 2. The van der Waals surface area contributed by atoms with Gasteiger partial charge < -0.3 is 14.8 Å². The van der Waals surface area contributed by atoms with E-state index in [1.54, 1.807) is 0 Å². The molecule has 34 heavy (non-hydrogen) atoms. The van der Waals surface area contributed by atoms with Gasteiger partial charge in [-0.05, 0) is 23.3 Å². The quantitative estimate of drug-likeness (QED) is 0.262. The van der Waals surface area contributed by atoms with Crippen molar-refractivity contribution in [1.29, 1.82) is 0 Å². The summed E-state index contributed by atoms with van der Waals surface area (Å²) in [6.07, 6.45) is 0.144. The number of methoxy groups -OCH3 is 1. The molecule has 2 aliphatic heterocycles. The first-order chi connectivity index (χ1) is 16.4. The highest BCUT2D eigenvalue weighted by Crippen LogP contribution is 2.40. The van der Waals surface area contributed by atoms with Crippen LogP contribution >= 0.6 is 11.8 Å². The Labute approximate surface area is 199 Å². The summed E-state index contributed by atoms with van der Waals surface area (Å²) in [5.74, 6) is -0.817. The summed E-state index contributed by atoms with van der Waals surface area (Å²) in [7, 11) is 1.41. The molecule has 0 saturated carbocycles. The second-order valence-corrected chi connectivity index (χ2v) is 8.70. The van der Waals surface area contributed by atoms with Gasteiger partial charge in [-0.3, -0.25) is 24.6 Å².